The fraction of sp³-hybridized carbons (Fsp3) is 0.176. The number of nitriles is 1. The fourth-order valence-electron chi connectivity index (χ4n) is 2.23. The normalized spacial score (nSPS) is 11.7. The summed E-state index contributed by atoms with van der Waals surface area (Å²) in [6, 6.07) is 15.2. The Morgan fingerprint density at radius 2 is 1.90 bits per heavy atom. The molecule has 20 heavy (non-hydrogen) atoms. The van der Waals surface area contributed by atoms with Gasteiger partial charge in [-0.1, -0.05) is 40.2 Å². The highest BCUT2D eigenvalue weighted by Gasteiger charge is 2.23. The number of halogens is 1. The highest BCUT2D eigenvalue weighted by molar-refractivity contribution is 9.10. The minimum Gasteiger partial charge on any atom is -0.292 e. The first-order valence-electron chi connectivity index (χ1n) is 6.29. The molecule has 2 aromatic carbocycles. The largest absolute Gasteiger partial charge is 0.292 e. The maximum Gasteiger partial charge on any atom is 0.184 e. The average Bonchev–Trinajstić information content (AvgIpc) is 2.40. The number of hydrogen-bond acceptors (Lipinski definition) is 2. The molecule has 3 heteroatoms. The van der Waals surface area contributed by atoms with Gasteiger partial charge in [-0.15, -0.1) is 0 Å². The molecule has 2 nitrogen and oxygen atoms in total. The molecule has 0 fully saturated rings. The molecule has 1 atom stereocenters. The average molecular weight is 328 g/mol. The van der Waals surface area contributed by atoms with Crippen molar-refractivity contribution >= 4 is 21.7 Å². The second-order valence-electron chi connectivity index (χ2n) is 4.80. The van der Waals surface area contributed by atoms with Crippen LogP contribution in [0.25, 0.3) is 0 Å². The summed E-state index contributed by atoms with van der Waals surface area (Å²) in [6.07, 6.45) is 0. The first kappa shape index (κ1) is 14.5. The Morgan fingerprint density at radius 3 is 2.50 bits per heavy atom. The fourth-order valence-corrected chi connectivity index (χ4v) is 2.83. The molecule has 0 saturated heterocycles. The van der Waals surface area contributed by atoms with Crippen LogP contribution in [0, 0.1) is 25.2 Å². The van der Waals surface area contributed by atoms with Gasteiger partial charge in [0.1, 0.15) is 5.92 Å². The summed E-state index contributed by atoms with van der Waals surface area (Å²) in [7, 11) is 0. The Labute approximate surface area is 127 Å². The third-order valence-corrected chi connectivity index (χ3v) is 3.68. The van der Waals surface area contributed by atoms with Crippen LogP contribution in [-0.4, -0.2) is 5.78 Å². The summed E-state index contributed by atoms with van der Waals surface area (Å²) in [4.78, 5) is 12.6. The minimum absolute atomic E-state index is 0.161. The van der Waals surface area contributed by atoms with Gasteiger partial charge in [0.05, 0.1) is 6.07 Å². The van der Waals surface area contributed by atoms with Gasteiger partial charge in [0.25, 0.3) is 0 Å². The number of rotatable bonds is 3. The first-order chi connectivity index (χ1) is 9.52. The van der Waals surface area contributed by atoms with Crippen LogP contribution in [0.1, 0.15) is 33.0 Å². The van der Waals surface area contributed by atoms with Gasteiger partial charge < -0.3 is 0 Å². The molecule has 1 unspecified atom stereocenters. The smallest absolute Gasteiger partial charge is 0.184 e. The molecule has 0 aromatic heterocycles. The number of Topliss-reactive ketones (excluding diaryl/α,β-unsaturated/α-hetero) is 1. The Kier molecular flexibility index (Phi) is 4.36. The third-order valence-electron chi connectivity index (χ3n) is 3.22. The number of benzene rings is 2. The number of aryl methyl sites for hydroxylation is 2. The number of ketones is 1. The van der Waals surface area contributed by atoms with E-state index in [4.69, 9.17) is 0 Å². The molecule has 0 N–H and O–H groups in total. The van der Waals surface area contributed by atoms with Crippen molar-refractivity contribution in [3.63, 3.8) is 0 Å². The lowest BCUT2D eigenvalue weighted by Crippen LogP contribution is -2.12. The molecule has 0 spiro atoms. The first-order valence-corrected chi connectivity index (χ1v) is 7.09. The molecule has 2 rings (SSSR count). The topological polar surface area (TPSA) is 40.9 Å². The number of hydrogen-bond donors (Lipinski definition) is 0. The summed E-state index contributed by atoms with van der Waals surface area (Å²) >= 11 is 3.39. The molecule has 0 radical (unpaired) electrons. The van der Waals surface area contributed by atoms with E-state index in [0.29, 0.717) is 5.56 Å². The van der Waals surface area contributed by atoms with E-state index in [1.54, 1.807) is 6.07 Å². The standard InChI is InChI=1S/C17H14BrNO/c1-11-7-13(9-14(18)8-11)17(20)16(10-19)15-6-4-3-5-12(15)2/h3-9,16H,1-2H3. The monoisotopic (exact) mass is 327 g/mol. The molecule has 0 aliphatic heterocycles. The van der Waals surface area contributed by atoms with Crippen LogP contribution in [0.15, 0.2) is 46.9 Å². The molecule has 0 bridgehead atoms. The molecule has 0 heterocycles. The lowest BCUT2D eigenvalue weighted by molar-refractivity contribution is 0.0978. The molecule has 0 aliphatic rings. The number of carbonyl (C=O) groups is 1. The van der Waals surface area contributed by atoms with Crippen molar-refractivity contribution in [3.05, 3.63) is 69.2 Å². The Hall–Kier alpha value is -1.92. The van der Waals surface area contributed by atoms with Gasteiger partial charge in [0.15, 0.2) is 5.78 Å². The number of carbonyl (C=O) groups excluding carboxylic acids is 1. The quantitative estimate of drug-likeness (QED) is 0.775. The van der Waals surface area contributed by atoms with Crippen molar-refractivity contribution in [2.24, 2.45) is 0 Å². The minimum atomic E-state index is -0.759. The zero-order valence-corrected chi connectivity index (χ0v) is 12.9. The van der Waals surface area contributed by atoms with Gasteiger partial charge >= 0.3 is 0 Å². The summed E-state index contributed by atoms with van der Waals surface area (Å²) < 4.78 is 0.849. The second-order valence-corrected chi connectivity index (χ2v) is 5.72. The molecule has 2 aromatic rings. The molecule has 100 valence electrons. The highest BCUT2D eigenvalue weighted by Crippen LogP contribution is 2.25. The second kappa shape index (κ2) is 6.02. The summed E-state index contributed by atoms with van der Waals surface area (Å²) in [5.41, 5.74) is 3.28. The highest BCUT2D eigenvalue weighted by atomic mass is 79.9. The van der Waals surface area contributed by atoms with Crippen molar-refractivity contribution in [2.75, 3.05) is 0 Å². The SMILES string of the molecule is Cc1cc(Br)cc(C(=O)C(C#N)c2ccccc2C)c1. The predicted molar refractivity (Wildman–Crippen MR) is 82.7 cm³/mol. The maximum absolute atomic E-state index is 12.6. The molecule has 0 aliphatic carbocycles. The molecular formula is C17H14BrNO. The summed E-state index contributed by atoms with van der Waals surface area (Å²) in [5, 5.41) is 9.39. The third kappa shape index (κ3) is 2.97. The molecule has 0 amide bonds. The molecular weight excluding hydrogens is 314 g/mol. The lowest BCUT2D eigenvalue weighted by atomic mass is 9.89. The zero-order valence-electron chi connectivity index (χ0n) is 11.4. The van der Waals surface area contributed by atoms with E-state index < -0.39 is 5.92 Å². The summed E-state index contributed by atoms with van der Waals surface area (Å²) in [6.45, 7) is 3.84. The predicted octanol–water partition coefficient (Wildman–Crippen LogP) is 4.56. The van der Waals surface area contributed by atoms with Crippen LogP contribution in [0.2, 0.25) is 0 Å². The van der Waals surface area contributed by atoms with Crippen LogP contribution >= 0.6 is 15.9 Å². The van der Waals surface area contributed by atoms with Gasteiger partial charge in [-0.05, 0) is 48.7 Å². The molecule has 0 saturated carbocycles. The Morgan fingerprint density at radius 1 is 1.20 bits per heavy atom. The maximum atomic E-state index is 12.6. The lowest BCUT2D eigenvalue weighted by Gasteiger charge is -2.12. The van der Waals surface area contributed by atoms with E-state index in [-0.39, 0.29) is 5.78 Å². The van der Waals surface area contributed by atoms with E-state index in [0.717, 1.165) is 21.2 Å². The van der Waals surface area contributed by atoms with Crippen molar-refractivity contribution in [1.29, 1.82) is 5.26 Å². The Balaban J connectivity index is 2.45. The van der Waals surface area contributed by atoms with Crippen molar-refractivity contribution in [3.8, 4) is 6.07 Å². The van der Waals surface area contributed by atoms with Crippen LogP contribution in [0.5, 0.6) is 0 Å². The van der Waals surface area contributed by atoms with Crippen molar-refractivity contribution in [1.82, 2.24) is 0 Å². The van der Waals surface area contributed by atoms with Gasteiger partial charge in [0, 0.05) is 10.0 Å². The number of nitrogens with zero attached hydrogens (tertiary/aromatic N) is 1. The van der Waals surface area contributed by atoms with E-state index in [2.05, 4.69) is 22.0 Å². The van der Waals surface area contributed by atoms with E-state index >= 15 is 0 Å². The van der Waals surface area contributed by atoms with Crippen LogP contribution < -0.4 is 0 Å². The van der Waals surface area contributed by atoms with Gasteiger partial charge in [0.2, 0.25) is 0 Å². The van der Waals surface area contributed by atoms with Crippen LogP contribution in [0.4, 0.5) is 0 Å². The van der Waals surface area contributed by atoms with Gasteiger partial charge in [-0.2, -0.15) is 5.26 Å². The zero-order chi connectivity index (χ0) is 14.7. The van der Waals surface area contributed by atoms with Gasteiger partial charge in [-0.3, -0.25) is 4.79 Å². The Bertz CT molecular complexity index is 680. The van der Waals surface area contributed by atoms with E-state index in [1.807, 2.05) is 50.2 Å². The van der Waals surface area contributed by atoms with Crippen LogP contribution in [-0.2, 0) is 0 Å². The van der Waals surface area contributed by atoms with E-state index in [9.17, 15) is 10.1 Å². The van der Waals surface area contributed by atoms with Gasteiger partial charge in [-0.25, -0.2) is 0 Å². The van der Waals surface area contributed by atoms with Crippen molar-refractivity contribution in [2.45, 2.75) is 19.8 Å². The van der Waals surface area contributed by atoms with E-state index in [1.165, 1.54) is 0 Å². The summed E-state index contributed by atoms with van der Waals surface area (Å²) in [5.74, 6) is -0.920. The van der Waals surface area contributed by atoms with Crippen LogP contribution in [0.3, 0.4) is 0 Å². The van der Waals surface area contributed by atoms with Crippen molar-refractivity contribution < 1.29 is 4.79 Å².